The molecule has 1 N–H and O–H groups in total. The van der Waals surface area contributed by atoms with Gasteiger partial charge in [0.1, 0.15) is 16.4 Å². The van der Waals surface area contributed by atoms with E-state index in [1.807, 2.05) is 29.2 Å². The Kier molecular flexibility index (Phi) is 6.70. The molecule has 34 heavy (non-hydrogen) atoms. The Bertz CT molecular complexity index is 1240. The van der Waals surface area contributed by atoms with Crippen LogP contribution in [0.5, 0.6) is 5.75 Å². The number of carbonyl (C=O) groups excluding carboxylic acids is 1. The van der Waals surface area contributed by atoms with Crippen molar-refractivity contribution in [1.82, 2.24) is 19.8 Å². The first-order valence-corrected chi connectivity index (χ1v) is 13.1. The molecule has 7 nitrogen and oxygen atoms in total. The second-order valence-corrected chi connectivity index (χ2v) is 10.8. The average Bonchev–Trinajstić information content (AvgIpc) is 3.22. The number of fused-ring (bicyclic) bond motifs is 3. The van der Waals surface area contributed by atoms with Crippen LogP contribution in [-0.4, -0.2) is 58.5 Å². The summed E-state index contributed by atoms with van der Waals surface area (Å²) >= 11 is 1.69. The summed E-state index contributed by atoms with van der Waals surface area (Å²) in [6, 6.07) is 7.45. The maximum atomic E-state index is 13.0. The fourth-order valence-electron chi connectivity index (χ4n) is 4.77. The van der Waals surface area contributed by atoms with Crippen LogP contribution in [0, 0.1) is 5.92 Å². The van der Waals surface area contributed by atoms with E-state index in [1.165, 1.54) is 16.9 Å². The standard InChI is InChI=1S/C26H32N4O3S/c1-17(2)16-33-19-7-5-6-18(14-19)26(32)30-12-10-29(11-13-30)15-22-27-24(31)23-20-8-3-4-9-21(20)34-25(23)28-22/h5-7,14,17H,3-4,8-13,15-16H2,1-2H3,(H,27,28,31). The lowest BCUT2D eigenvalue weighted by molar-refractivity contribution is 0.0625. The number of benzene rings is 1. The van der Waals surface area contributed by atoms with E-state index >= 15 is 0 Å². The summed E-state index contributed by atoms with van der Waals surface area (Å²) in [7, 11) is 0. The lowest BCUT2D eigenvalue weighted by Gasteiger charge is -2.34. The van der Waals surface area contributed by atoms with Gasteiger partial charge in [-0.2, -0.15) is 0 Å². The summed E-state index contributed by atoms with van der Waals surface area (Å²) in [5.41, 5.74) is 1.87. The van der Waals surface area contributed by atoms with Crippen LogP contribution in [0.25, 0.3) is 10.2 Å². The van der Waals surface area contributed by atoms with Crippen LogP contribution in [0.2, 0.25) is 0 Å². The molecule has 2 aromatic heterocycles. The van der Waals surface area contributed by atoms with E-state index in [1.54, 1.807) is 11.3 Å². The number of amides is 1. The number of carbonyl (C=O) groups is 1. The number of aromatic nitrogens is 2. The number of ether oxygens (including phenoxy) is 1. The van der Waals surface area contributed by atoms with Gasteiger partial charge in [-0.3, -0.25) is 14.5 Å². The van der Waals surface area contributed by atoms with Crippen molar-refractivity contribution < 1.29 is 9.53 Å². The summed E-state index contributed by atoms with van der Waals surface area (Å²) in [6.07, 6.45) is 4.40. The molecule has 1 aliphatic carbocycles. The quantitative estimate of drug-likeness (QED) is 0.580. The van der Waals surface area contributed by atoms with Gasteiger partial charge >= 0.3 is 0 Å². The Morgan fingerprint density at radius 3 is 2.76 bits per heavy atom. The van der Waals surface area contributed by atoms with Crippen molar-refractivity contribution in [2.75, 3.05) is 32.8 Å². The number of aromatic amines is 1. The Hall–Kier alpha value is -2.71. The molecule has 0 bridgehead atoms. The van der Waals surface area contributed by atoms with Crippen molar-refractivity contribution in [2.45, 2.75) is 46.1 Å². The molecular weight excluding hydrogens is 448 g/mol. The molecule has 0 spiro atoms. The molecule has 5 rings (SSSR count). The fraction of sp³-hybridized carbons (Fsp3) is 0.500. The molecule has 3 heterocycles. The van der Waals surface area contributed by atoms with Gasteiger partial charge in [0.05, 0.1) is 18.5 Å². The minimum absolute atomic E-state index is 0.00668. The van der Waals surface area contributed by atoms with Crippen LogP contribution in [0.1, 0.15) is 53.3 Å². The third-order valence-electron chi connectivity index (χ3n) is 6.57. The summed E-state index contributed by atoms with van der Waals surface area (Å²) in [5, 5.41) is 0.804. The zero-order valence-electron chi connectivity index (χ0n) is 19.9. The van der Waals surface area contributed by atoms with Crippen molar-refractivity contribution in [1.29, 1.82) is 0 Å². The van der Waals surface area contributed by atoms with Crippen LogP contribution in [0.3, 0.4) is 0 Å². The summed E-state index contributed by atoms with van der Waals surface area (Å²) in [4.78, 5) is 40.0. The van der Waals surface area contributed by atoms with E-state index in [9.17, 15) is 9.59 Å². The molecule has 0 unspecified atom stereocenters. The van der Waals surface area contributed by atoms with Gasteiger partial charge in [0.15, 0.2) is 0 Å². The van der Waals surface area contributed by atoms with E-state index in [4.69, 9.17) is 9.72 Å². The highest BCUT2D eigenvalue weighted by molar-refractivity contribution is 7.18. The number of thiophene rings is 1. The molecule has 2 aliphatic rings. The van der Waals surface area contributed by atoms with Crippen LogP contribution in [0.4, 0.5) is 0 Å². The molecule has 1 amide bonds. The maximum Gasteiger partial charge on any atom is 0.259 e. The van der Waals surface area contributed by atoms with Crippen LogP contribution in [-0.2, 0) is 19.4 Å². The lowest BCUT2D eigenvalue weighted by atomic mass is 9.97. The minimum atomic E-state index is -0.00668. The number of piperazine rings is 1. The number of aryl methyl sites for hydroxylation is 2. The predicted octanol–water partition coefficient (Wildman–Crippen LogP) is 3.86. The van der Waals surface area contributed by atoms with Crippen LogP contribution >= 0.6 is 11.3 Å². The first-order chi connectivity index (χ1) is 16.5. The molecular formula is C26H32N4O3S. The number of hydrogen-bond donors (Lipinski definition) is 1. The Labute approximate surface area is 203 Å². The summed E-state index contributed by atoms with van der Waals surface area (Å²) in [5.74, 6) is 1.92. The molecule has 1 aromatic carbocycles. The number of H-pyrrole nitrogens is 1. The second kappa shape index (κ2) is 9.88. The Morgan fingerprint density at radius 2 is 1.97 bits per heavy atom. The zero-order valence-corrected chi connectivity index (χ0v) is 20.7. The topological polar surface area (TPSA) is 78.5 Å². The monoisotopic (exact) mass is 480 g/mol. The van der Waals surface area contributed by atoms with Gasteiger partial charge in [-0.15, -0.1) is 11.3 Å². The molecule has 1 aliphatic heterocycles. The molecule has 1 fully saturated rings. The number of rotatable bonds is 6. The van der Waals surface area contributed by atoms with E-state index < -0.39 is 0 Å². The van der Waals surface area contributed by atoms with E-state index in [2.05, 4.69) is 23.7 Å². The average molecular weight is 481 g/mol. The molecule has 0 saturated carbocycles. The summed E-state index contributed by atoms with van der Waals surface area (Å²) < 4.78 is 5.78. The first-order valence-electron chi connectivity index (χ1n) is 12.3. The predicted molar refractivity (Wildman–Crippen MR) is 135 cm³/mol. The van der Waals surface area contributed by atoms with Gasteiger partial charge in [0.25, 0.3) is 11.5 Å². The van der Waals surface area contributed by atoms with Crippen LogP contribution < -0.4 is 10.3 Å². The van der Waals surface area contributed by atoms with Gasteiger partial charge in [-0.1, -0.05) is 19.9 Å². The normalized spacial score (nSPS) is 16.7. The third kappa shape index (κ3) is 4.88. The SMILES string of the molecule is CC(C)COc1cccc(C(=O)N2CCN(Cc3nc4sc5c(c4c(=O)[nH]3)CCCC5)CC2)c1. The van der Waals surface area contributed by atoms with Crippen molar-refractivity contribution in [3.8, 4) is 5.75 Å². The van der Waals surface area contributed by atoms with E-state index in [-0.39, 0.29) is 11.5 Å². The molecule has 0 atom stereocenters. The molecule has 1 saturated heterocycles. The smallest absolute Gasteiger partial charge is 0.259 e. The second-order valence-electron chi connectivity index (χ2n) is 9.70. The minimum Gasteiger partial charge on any atom is -0.493 e. The van der Waals surface area contributed by atoms with E-state index in [0.717, 1.165) is 48.3 Å². The van der Waals surface area contributed by atoms with Crippen molar-refractivity contribution in [2.24, 2.45) is 5.92 Å². The highest BCUT2D eigenvalue weighted by atomic mass is 32.1. The van der Waals surface area contributed by atoms with Gasteiger partial charge in [-0.05, 0) is 55.4 Å². The highest BCUT2D eigenvalue weighted by Crippen LogP contribution is 2.33. The van der Waals surface area contributed by atoms with Crippen LogP contribution in [0.15, 0.2) is 29.1 Å². The van der Waals surface area contributed by atoms with Gasteiger partial charge in [0, 0.05) is 36.6 Å². The molecule has 0 radical (unpaired) electrons. The Morgan fingerprint density at radius 1 is 1.18 bits per heavy atom. The van der Waals surface area contributed by atoms with Gasteiger partial charge in [-0.25, -0.2) is 4.98 Å². The molecule has 180 valence electrons. The number of nitrogens with one attached hydrogen (secondary N) is 1. The van der Waals surface area contributed by atoms with Crippen molar-refractivity contribution in [3.05, 3.63) is 56.4 Å². The Balaban J connectivity index is 1.21. The number of hydrogen-bond acceptors (Lipinski definition) is 6. The van der Waals surface area contributed by atoms with Gasteiger partial charge in [0.2, 0.25) is 0 Å². The molecule has 3 aromatic rings. The summed E-state index contributed by atoms with van der Waals surface area (Å²) in [6.45, 7) is 8.22. The molecule has 8 heteroatoms. The fourth-order valence-corrected chi connectivity index (χ4v) is 6.05. The first kappa shape index (κ1) is 23.1. The van der Waals surface area contributed by atoms with Crippen molar-refractivity contribution in [3.63, 3.8) is 0 Å². The van der Waals surface area contributed by atoms with Gasteiger partial charge < -0.3 is 14.6 Å². The van der Waals surface area contributed by atoms with Crippen molar-refractivity contribution >= 4 is 27.5 Å². The zero-order chi connectivity index (χ0) is 23.7. The number of nitrogens with zero attached hydrogens (tertiary/aromatic N) is 3. The third-order valence-corrected chi connectivity index (χ3v) is 7.76. The highest BCUT2D eigenvalue weighted by Gasteiger charge is 2.24. The largest absolute Gasteiger partial charge is 0.493 e. The lowest BCUT2D eigenvalue weighted by Crippen LogP contribution is -2.48. The van der Waals surface area contributed by atoms with E-state index in [0.29, 0.717) is 43.5 Å². The maximum absolute atomic E-state index is 13.0.